The molecular weight excluding hydrogens is 370 g/mol. The monoisotopic (exact) mass is 389 g/mol. The zero-order valence-electron chi connectivity index (χ0n) is 15.3. The highest BCUT2D eigenvalue weighted by Crippen LogP contribution is 2.22. The highest BCUT2D eigenvalue weighted by atomic mass is 16.6. The fourth-order valence-corrected chi connectivity index (χ4v) is 2.34. The number of nitrogens with zero attached hydrogens (tertiary/aromatic N) is 4. The normalized spacial score (nSPS) is 10.2. The SMILES string of the molecule is CCNc1cc(NCCNC(=O)c2cc([N+](=O)[O-])cc([N+](=O)[O-])c2)nc(C)n1. The number of carbonyl (C=O) groups is 1. The second-order valence-corrected chi connectivity index (χ2v) is 5.65. The maximum Gasteiger partial charge on any atom is 0.277 e. The van der Waals surface area contributed by atoms with Crippen molar-refractivity contribution in [3.63, 3.8) is 0 Å². The van der Waals surface area contributed by atoms with Crippen molar-refractivity contribution in [1.82, 2.24) is 15.3 Å². The minimum Gasteiger partial charge on any atom is -0.370 e. The van der Waals surface area contributed by atoms with Crippen LogP contribution in [0.4, 0.5) is 23.0 Å². The van der Waals surface area contributed by atoms with Gasteiger partial charge in [0.1, 0.15) is 17.5 Å². The molecule has 0 aliphatic heterocycles. The summed E-state index contributed by atoms with van der Waals surface area (Å²) in [6.07, 6.45) is 0. The van der Waals surface area contributed by atoms with E-state index < -0.39 is 27.1 Å². The molecule has 1 aromatic carbocycles. The van der Waals surface area contributed by atoms with Gasteiger partial charge in [-0.15, -0.1) is 0 Å². The highest BCUT2D eigenvalue weighted by Gasteiger charge is 2.19. The second kappa shape index (κ2) is 9.21. The maximum absolute atomic E-state index is 12.2. The molecule has 0 radical (unpaired) electrons. The zero-order valence-corrected chi connectivity index (χ0v) is 15.3. The molecule has 0 aliphatic carbocycles. The Morgan fingerprint density at radius 2 is 1.54 bits per heavy atom. The Bertz CT molecular complexity index is 871. The van der Waals surface area contributed by atoms with E-state index in [1.54, 1.807) is 13.0 Å². The highest BCUT2D eigenvalue weighted by molar-refractivity contribution is 5.95. The van der Waals surface area contributed by atoms with Crippen LogP contribution in [0.3, 0.4) is 0 Å². The molecule has 0 unspecified atom stereocenters. The summed E-state index contributed by atoms with van der Waals surface area (Å²) in [5, 5.41) is 30.4. The summed E-state index contributed by atoms with van der Waals surface area (Å²) >= 11 is 0. The van der Waals surface area contributed by atoms with Crippen LogP contribution < -0.4 is 16.0 Å². The molecule has 3 N–H and O–H groups in total. The minimum atomic E-state index is -0.787. The van der Waals surface area contributed by atoms with Crippen molar-refractivity contribution >= 4 is 28.9 Å². The van der Waals surface area contributed by atoms with Crippen LogP contribution in [0.5, 0.6) is 0 Å². The van der Waals surface area contributed by atoms with Gasteiger partial charge >= 0.3 is 0 Å². The zero-order chi connectivity index (χ0) is 20.7. The van der Waals surface area contributed by atoms with Gasteiger partial charge in [0, 0.05) is 37.8 Å². The Morgan fingerprint density at radius 1 is 0.964 bits per heavy atom. The first-order valence-corrected chi connectivity index (χ1v) is 8.35. The molecule has 1 heterocycles. The number of nitro benzene ring substituents is 2. The minimum absolute atomic E-state index is 0.159. The smallest absolute Gasteiger partial charge is 0.277 e. The van der Waals surface area contributed by atoms with Gasteiger partial charge in [-0.2, -0.15) is 0 Å². The Balaban J connectivity index is 1.97. The van der Waals surface area contributed by atoms with Gasteiger partial charge < -0.3 is 16.0 Å². The summed E-state index contributed by atoms with van der Waals surface area (Å²) in [4.78, 5) is 40.8. The van der Waals surface area contributed by atoms with Crippen LogP contribution >= 0.6 is 0 Å². The molecule has 12 nitrogen and oxygen atoms in total. The average molecular weight is 389 g/mol. The van der Waals surface area contributed by atoms with Crippen LogP contribution in [0.25, 0.3) is 0 Å². The van der Waals surface area contributed by atoms with Gasteiger partial charge in [0.2, 0.25) is 0 Å². The molecule has 0 saturated carbocycles. The van der Waals surface area contributed by atoms with Crippen LogP contribution in [-0.2, 0) is 0 Å². The third kappa shape index (κ3) is 5.59. The lowest BCUT2D eigenvalue weighted by atomic mass is 10.1. The average Bonchev–Trinajstić information content (AvgIpc) is 2.64. The molecular formula is C16H19N7O5. The van der Waals surface area contributed by atoms with Crippen LogP contribution in [0, 0.1) is 27.2 Å². The first-order chi connectivity index (χ1) is 13.3. The van der Waals surface area contributed by atoms with Crippen molar-refractivity contribution in [1.29, 1.82) is 0 Å². The summed E-state index contributed by atoms with van der Waals surface area (Å²) in [5.41, 5.74) is -1.21. The number of nitrogens with one attached hydrogen (secondary N) is 3. The quantitative estimate of drug-likeness (QED) is 0.330. The molecule has 2 aromatic rings. The molecule has 0 atom stereocenters. The molecule has 0 saturated heterocycles. The van der Waals surface area contributed by atoms with Crippen molar-refractivity contribution in [3.05, 3.63) is 55.9 Å². The Hall–Kier alpha value is -3.83. The topological polar surface area (TPSA) is 165 Å². The predicted octanol–water partition coefficient (Wildman–Crippen LogP) is 1.88. The first kappa shape index (κ1) is 20.5. The van der Waals surface area contributed by atoms with Crippen molar-refractivity contribution in [2.24, 2.45) is 0 Å². The predicted molar refractivity (Wildman–Crippen MR) is 102 cm³/mol. The van der Waals surface area contributed by atoms with Gasteiger partial charge in [0.05, 0.1) is 21.5 Å². The number of hydrogen-bond donors (Lipinski definition) is 3. The van der Waals surface area contributed by atoms with Crippen LogP contribution in [0.2, 0.25) is 0 Å². The van der Waals surface area contributed by atoms with Gasteiger partial charge in [0.15, 0.2) is 0 Å². The van der Waals surface area contributed by atoms with Gasteiger partial charge in [0.25, 0.3) is 17.3 Å². The number of hydrogen-bond acceptors (Lipinski definition) is 9. The van der Waals surface area contributed by atoms with E-state index in [0.717, 1.165) is 18.2 Å². The maximum atomic E-state index is 12.2. The second-order valence-electron chi connectivity index (χ2n) is 5.65. The van der Waals surface area contributed by atoms with Crippen LogP contribution in [0.1, 0.15) is 23.1 Å². The van der Waals surface area contributed by atoms with E-state index in [2.05, 4.69) is 25.9 Å². The molecule has 0 spiro atoms. The summed E-state index contributed by atoms with van der Waals surface area (Å²) in [5.74, 6) is 1.17. The number of nitro groups is 2. The number of benzene rings is 1. The Morgan fingerprint density at radius 3 is 2.07 bits per heavy atom. The number of rotatable bonds is 9. The summed E-state index contributed by atoms with van der Waals surface area (Å²) in [6, 6.07) is 4.51. The van der Waals surface area contributed by atoms with Crippen LogP contribution in [-0.4, -0.2) is 45.4 Å². The number of anilines is 2. The number of aryl methyl sites for hydroxylation is 1. The van der Waals surface area contributed by atoms with E-state index in [1.807, 2.05) is 6.92 Å². The number of non-ortho nitro benzene ring substituents is 2. The first-order valence-electron chi connectivity index (χ1n) is 8.35. The molecule has 28 heavy (non-hydrogen) atoms. The van der Waals surface area contributed by atoms with Crippen molar-refractivity contribution < 1.29 is 14.6 Å². The Labute approximate surface area is 159 Å². The molecule has 1 amide bonds. The number of amides is 1. The van der Waals surface area contributed by atoms with E-state index in [9.17, 15) is 25.0 Å². The number of carbonyl (C=O) groups excluding carboxylic acids is 1. The Kier molecular flexibility index (Phi) is 6.73. The lowest BCUT2D eigenvalue weighted by molar-refractivity contribution is -0.394. The largest absolute Gasteiger partial charge is 0.370 e. The van der Waals surface area contributed by atoms with Crippen LogP contribution in [0.15, 0.2) is 24.3 Å². The lowest BCUT2D eigenvalue weighted by Crippen LogP contribution is -2.29. The fraction of sp³-hybridized carbons (Fsp3) is 0.312. The molecule has 0 fully saturated rings. The summed E-state index contributed by atoms with van der Waals surface area (Å²) in [7, 11) is 0. The van der Waals surface area contributed by atoms with E-state index in [-0.39, 0.29) is 12.1 Å². The van der Waals surface area contributed by atoms with Gasteiger partial charge in [-0.3, -0.25) is 25.0 Å². The van der Waals surface area contributed by atoms with E-state index >= 15 is 0 Å². The standard InChI is InChI=1S/C16H19N7O5/c1-3-17-14-9-15(21-10(2)20-14)18-4-5-19-16(24)11-6-12(22(25)26)8-13(7-11)23(27)28/h6-9H,3-5H2,1-2H3,(H,19,24)(H2,17,18,20,21). The molecule has 0 aliphatic rings. The van der Waals surface area contributed by atoms with E-state index in [4.69, 9.17) is 0 Å². The molecule has 12 heteroatoms. The molecule has 0 bridgehead atoms. The van der Waals surface area contributed by atoms with E-state index in [1.165, 1.54) is 0 Å². The molecule has 2 rings (SSSR count). The fourth-order valence-electron chi connectivity index (χ4n) is 2.34. The van der Waals surface area contributed by atoms with Crippen molar-refractivity contribution in [2.45, 2.75) is 13.8 Å². The lowest BCUT2D eigenvalue weighted by Gasteiger charge is -2.10. The third-order valence-corrected chi connectivity index (χ3v) is 3.50. The molecule has 1 aromatic heterocycles. The van der Waals surface area contributed by atoms with Crippen molar-refractivity contribution in [2.75, 3.05) is 30.3 Å². The van der Waals surface area contributed by atoms with E-state index in [0.29, 0.717) is 30.5 Å². The van der Waals surface area contributed by atoms with Gasteiger partial charge in [-0.1, -0.05) is 0 Å². The number of aromatic nitrogens is 2. The van der Waals surface area contributed by atoms with Gasteiger partial charge in [-0.25, -0.2) is 9.97 Å². The van der Waals surface area contributed by atoms with Gasteiger partial charge in [-0.05, 0) is 13.8 Å². The summed E-state index contributed by atoms with van der Waals surface area (Å²) in [6.45, 7) is 4.91. The van der Waals surface area contributed by atoms with Crippen molar-refractivity contribution in [3.8, 4) is 0 Å². The molecule has 148 valence electrons. The third-order valence-electron chi connectivity index (χ3n) is 3.50. The summed E-state index contributed by atoms with van der Waals surface area (Å²) < 4.78 is 0.